The maximum Gasteiger partial charge on any atom is 0.00751 e. The van der Waals surface area contributed by atoms with E-state index >= 15 is 0 Å². The van der Waals surface area contributed by atoms with Gasteiger partial charge in [-0.3, -0.25) is 0 Å². The molecule has 0 heterocycles. The van der Waals surface area contributed by atoms with Crippen molar-refractivity contribution in [3.05, 3.63) is 0 Å². The number of hydrogen-bond acceptors (Lipinski definition) is 1. The van der Waals surface area contributed by atoms with Crippen molar-refractivity contribution in [3.63, 3.8) is 0 Å². The van der Waals surface area contributed by atoms with Crippen molar-refractivity contribution in [1.82, 2.24) is 0 Å². The summed E-state index contributed by atoms with van der Waals surface area (Å²) in [5.74, 6) is 2.30. The van der Waals surface area contributed by atoms with Crippen LogP contribution in [-0.2, 0) is 0 Å². The van der Waals surface area contributed by atoms with Crippen LogP contribution in [0.1, 0.15) is 60.3 Å². The van der Waals surface area contributed by atoms with Crippen LogP contribution in [0.3, 0.4) is 0 Å². The van der Waals surface area contributed by atoms with Crippen LogP contribution in [-0.4, -0.2) is 10.5 Å². The van der Waals surface area contributed by atoms with Crippen molar-refractivity contribution < 1.29 is 0 Å². The number of thioether (sulfide) groups is 1. The second-order valence-electron chi connectivity index (χ2n) is 4.84. The SMILES string of the molecule is CCCCC(CC)CSC(C)(C)C. The summed E-state index contributed by atoms with van der Waals surface area (Å²) in [5.41, 5.74) is 0. The molecule has 1 heteroatoms. The molecule has 0 saturated heterocycles. The van der Waals surface area contributed by atoms with Crippen LogP contribution in [0.25, 0.3) is 0 Å². The highest BCUT2D eigenvalue weighted by atomic mass is 32.2. The van der Waals surface area contributed by atoms with Crippen LogP contribution in [0, 0.1) is 5.92 Å². The molecule has 0 aromatic rings. The Kier molecular flexibility index (Phi) is 6.93. The van der Waals surface area contributed by atoms with Crippen LogP contribution < -0.4 is 0 Å². The van der Waals surface area contributed by atoms with Gasteiger partial charge in [-0.15, -0.1) is 0 Å². The van der Waals surface area contributed by atoms with Gasteiger partial charge in [0.2, 0.25) is 0 Å². The average Bonchev–Trinajstić information content (AvgIpc) is 2.03. The van der Waals surface area contributed by atoms with E-state index in [0.717, 1.165) is 5.92 Å². The summed E-state index contributed by atoms with van der Waals surface area (Å²) >= 11 is 2.12. The normalized spacial score (nSPS) is 14.5. The van der Waals surface area contributed by atoms with Gasteiger partial charge in [0.15, 0.2) is 0 Å². The molecule has 0 spiro atoms. The number of hydrogen-bond donors (Lipinski definition) is 0. The van der Waals surface area contributed by atoms with E-state index in [0.29, 0.717) is 4.75 Å². The van der Waals surface area contributed by atoms with Gasteiger partial charge in [-0.1, -0.05) is 53.9 Å². The van der Waals surface area contributed by atoms with Gasteiger partial charge in [-0.05, 0) is 18.1 Å². The van der Waals surface area contributed by atoms with Gasteiger partial charge in [0.1, 0.15) is 0 Å². The van der Waals surface area contributed by atoms with Gasteiger partial charge in [-0.2, -0.15) is 11.8 Å². The Balaban J connectivity index is 3.59. The van der Waals surface area contributed by atoms with Crippen LogP contribution >= 0.6 is 11.8 Å². The second kappa shape index (κ2) is 6.75. The van der Waals surface area contributed by atoms with Gasteiger partial charge in [0.05, 0.1) is 0 Å². The topological polar surface area (TPSA) is 0 Å². The molecule has 1 atom stereocenters. The molecule has 0 amide bonds. The molecule has 1 unspecified atom stereocenters. The molecule has 0 aliphatic heterocycles. The van der Waals surface area contributed by atoms with Crippen molar-refractivity contribution in [2.45, 2.75) is 65.0 Å². The van der Waals surface area contributed by atoms with E-state index in [9.17, 15) is 0 Å². The van der Waals surface area contributed by atoms with E-state index in [4.69, 9.17) is 0 Å². The molecule has 0 nitrogen and oxygen atoms in total. The van der Waals surface area contributed by atoms with Gasteiger partial charge in [-0.25, -0.2) is 0 Å². The summed E-state index contributed by atoms with van der Waals surface area (Å²) in [6, 6.07) is 0. The quantitative estimate of drug-likeness (QED) is 0.600. The third-order valence-corrected chi connectivity index (χ3v) is 3.80. The summed E-state index contributed by atoms with van der Waals surface area (Å²) in [5, 5.41) is 0. The summed E-state index contributed by atoms with van der Waals surface area (Å²) in [6.07, 6.45) is 5.53. The molecule has 0 N–H and O–H groups in total. The fourth-order valence-corrected chi connectivity index (χ4v) is 2.40. The molecule has 0 fully saturated rings. The molecule has 0 aliphatic carbocycles. The first-order chi connectivity index (χ1) is 5.99. The largest absolute Gasteiger partial charge is 0.156 e. The molecule has 0 aromatic carbocycles. The lowest BCUT2D eigenvalue weighted by Crippen LogP contribution is -2.12. The first-order valence-corrected chi connectivity index (χ1v) is 6.62. The van der Waals surface area contributed by atoms with Gasteiger partial charge in [0, 0.05) is 4.75 Å². The van der Waals surface area contributed by atoms with E-state index < -0.39 is 0 Å². The third-order valence-electron chi connectivity index (χ3n) is 2.30. The first kappa shape index (κ1) is 13.4. The Bertz CT molecular complexity index is 113. The summed E-state index contributed by atoms with van der Waals surface area (Å²) < 4.78 is 0.444. The fourth-order valence-electron chi connectivity index (χ4n) is 1.27. The smallest absolute Gasteiger partial charge is 0.00751 e. The monoisotopic (exact) mass is 202 g/mol. The minimum absolute atomic E-state index is 0.444. The second-order valence-corrected chi connectivity index (χ2v) is 6.69. The highest BCUT2D eigenvalue weighted by Crippen LogP contribution is 2.28. The van der Waals surface area contributed by atoms with Crippen LogP contribution in [0.15, 0.2) is 0 Å². The lowest BCUT2D eigenvalue weighted by Gasteiger charge is -2.22. The van der Waals surface area contributed by atoms with E-state index in [1.165, 1.54) is 31.4 Å². The van der Waals surface area contributed by atoms with Crippen molar-refractivity contribution in [2.75, 3.05) is 5.75 Å². The Morgan fingerprint density at radius 3 is 2.15 bits per heavy atom. The number of rotatable bonds is 6. The predicted molar refractivity (Wildman–Crippen MR) is 65.5 cm³/mol. The van der Waals surface area contributed by atoms with Crippen LogP contribution in [0.5, 0.6) is 0 Å². The molecule has 0 bridgehead atoms. The van der Waals surface area contributed by atoms with E-state index in [1.807, 2.05) is 0 Å². The summed E-state index contributed by atoms with van der Waals surface area (Å²) in [4.78, 5) is 0. The molecule has 0 rings (SSSR count). The highest BCUT2D eigenvalue weighted by molar-refractivity contribution is 8.00. The van der Waals surface area contributed by atoms with Crippen LogP contribution in [0.4, 0.5) is 0 Å². The molecule has 0 saturated carbocycles. The third kappa shape index (κ3) is 8.67. The first-order valence-electron chi connectivity index (χ1n) is 5.63. The molecule has 13 heavy (non-hydrogen) atoms. The van der Waals surface area contributed by atoms with Crippen molar-refractivity contribution in [1.29, 1.82) is 0 Å². The molecule has 0 aliphatic rings. The van der Waals surface area contributed by atoms with Gasteiger partial charge < -0.3 is 0 Å². The van der Waals surface area contributed by atoms with E-state index in [-0.39, 0.29) is 0 Å². The van der Waals surface area contributed by atoms with Crippen molar-refractivity contribution in [2.24, 2.45) is 5.92 Å². The lowest BCUT2D eigenvalue weighted by molar-refractivity contribution is 0.498. The van der Waals surface area contributed by atoms with Gasteiger partial charge >= 0.3 is 0 Å². The zero-order chi connectivity index (χ0) is 10.3. The molecule has 0 radical (unpaired) electrons. The minimum atomic E-state index is 0.444. The summed E-state index contributed by atoms with van der Waals surface area (Å²) in [7, 11) is 0. The van der Waals surface area contributed by atoms with E-state index in [1.54, 1.807) is 0 Å². The van der Waals surface area contributed by atoms with Crippen molar-refractivity contribution in [3.8, 4) is 0 Å². The maximum atomic E-state index is 2.32. The zero-order valence-corrected chi connectivity index (χ0v) is 10.8. The molecule has 0 aromatic heterocycles. The Morgan fingerprint density at radius 1 is 1.15 bits per heavy atom. The average molecular weight is 202 g/mol. The zero-order valence-electron chi connectivity index (χ0n) is 10.0. The predicted octanol–water partition coefficient (Wildman–Crippen LogP) is 4.73. The lowest BCUT2D eigenvalue weighted by atomic mass is 10.0. The highest BCUT2D eigenvalue weighted by Gasteiger charge is 2.14. The van der Waals surface area contributed by atoms with Gasteiger partial charge in [0.25, 0.3) is 0 Å². The Hall–Kier alpha value is 0.350. The van der Waals surface area contributed by atoms with E-state index in [2.05, 4.69) is 46.4 Å². The maximum absolute atomic E-state index is 2.32. The Morgan fingerprint density at radius 2 is 1.77 bits per heavy atom. The number of unbranched alkanes of at least 4 members (excludes halogenated alkanes) is 1. The Labute approximate surface area is 88.9 Å². The van der Waals surface area contributed by atoms with Crippen LogP contribution in [0.2, 0.25) is 0 Å². The molecular weight excluding hydrogens is 176 g/mol. The minimum Gasteiger partial charge on any atom is -0.156 e. The standard InChI is InChI=1S/C12H26S/c1-6-8-9-11(7-2)10-13-12(3,4)5/h11H,6-10H2,1-5H3. The summed E-state index contributed by atoms with van der Waals surface area (Å²) in [6.45, 7) is 11.5. The fraction of sp³-hybridized carbons (Fsp3) is 1.00. The van der Waals surface area contributed by atoms with Crippen molar-refractivity contribution >= 4 is 11.8 Å². The molecular formula is C12H26S. The molecule has 80 valence electrons.